The number of nitrogens with one attached hydrogen (secondary N) is 2. The van der Waals surface area contributed by atoms with Gasteiger partial charge in [-0.3, -0.25) is 9.59 Å². The van der Waals surface area contributed by atoms with Crippen LogP contribution in [0.5, 0.6) is 0 Å². The van der Waals surface area contributed by atoms with E-state index in [1.807, 2.05) is 45.0 Å². The van der Waals surface area contributed by atoms with Gasteiger partial charge in [0.05, 0.1) is 0 Å². The second-order valence-corrected chi connectivity index (χ2v) is 10.4. The maximum absolute atomic E-state index is 14.0. The third kappa shape index (κ3) is 10.3. The molecule has 2 N–H and O–H groups in total. The molecule has 1 rings (SSSR count). The first-order chi connectivity index (χ1) is 16.4. The van der Waals surface area contributed by atoms with E-state index in [1.54, 1.807) is 25.7 Å². The average molecular weight is 490 g/mol. The van der Waals surface area contributed by atoms with Crippen LogP contribution in [0.4, 0.5) is 4.79 Å². The third-order valence-electron chi connectivity index (χ3n) is 5.97. The Hall–Kier alpha value is -2.57. The summed E-state index contributed by atoms with van der Waals surface area (Å²) >= 11 is 0. The zero-order valence-electron chi connectivity index (χ0n) is 23.1. The first-order valence-corrected chi connectivity index (χ1v) is 13.1. The van der Waals surface area contributed by atoms with E-state index in [-0.39, 0.29) is 17.7 Å². The molecule has 0 spiro atoms. The Bertz CT molecular complexity index is 801. The molecule has 0 radical (unpaired) electrons. The Morgan fingerprint density at radius 2 is 1.60 bits per heavy atom. The minimum Gasteiger partial charge on any atom is -0.444 e. The predicted octanol–water partition coefficient (Wildman–Crippen LogP) is 5.52. The van der Waals surface area contributed by atoms with Crippen molar-refractivity contribution in [2.24, 2.45) is 5.92 Å². The van der Waals surface area contributed by atoms with Gasteiger partial charge in [0.15, 0.2) is 0 Å². The summed E-state index contributed by atoms with van der Waals surface area (Å²) < 4.78 is 5.45. The molecule has 7 nitrogen and oxygen atoms in total. The summed E-state index contributed by atoms with van der Waals surface area (Å²) in [6.45, 7) is 16.3. The van der Waals surface area contributed by atoms with Gasteiger partial charge in [-0.05, 0) is 52.0 Å². The number of carbonyl (C=O) groups excluding carboxylic acids is 3. The van der Waals surface area contributed by atoms with Gasteiger partial charge in [0.2, 0.25) is 11.8 Å². The normalized spacial score (nSPS) is 13.9. The van der Waals surface area contributed by atoms with Crippen LogP contribution in [0.15, 0.2) is 24.3 Å². The molecule has 0 saturated carbocycles. The quantitative estimate of drug-likeness (QED) is 0.357. The van der Waals surface area contributed by atoms with Crippen LogP contribution in [0.3, 0.4) is 0 Å². The first kappa shape index (κ1) is 30.5. The Labute approximate surface area is 212 Å². The summed E-state index contributed by atoms with van der Waals surface area (Å²) in [6.07, 6.45) is 3.50. The van der Waals surface area contributed by atoms with Crippen LogP contribution in [0.2, 0.25) is 0 Å². The number of hydrogen-bond donors (Lipinski definition) is 2. The van der Waals surface area contributed by atoms with Crippen LogP contribution in [-0.2, 0) is 14.3 Å². The number of rotatable bonds is 13. The van der Waals surface area contributed by atoms with Crippen molar-refractivity contribution in [3.8, 4) is 0 Å². The van der Waals surface area contributed by atoms with E-state index >= 15 is 0 Å². The van der Waals surface area contributed by atoms with E-state index in [0.29, 0.717) is 19.5 Å². The predicted molar refractivity (Wildman–Crippen MR) is 141 cm³/mol. The number of amides is 3. The van der Waals surface area contributed by atoms with Crippen LogP contribution >= 0.6 is 0 Å². The SMILES string of the molecule is CCCCNC(=O)C(c1ccc(C)cc1)N(CCCC)C(=O)C(NC(=O)OC(C)(C)C)C(C)CC. The number of unbranched alkanes of at least 4 members (excludes halogenated alkanes) is 2. The molecule has 1 aromatic carbocycles. The van der Waals surface area contributed by atoms with Gasteiger partial charge < -0.3 is 20.3 Å². The summed E-state index contributed by atoms with van der Waals surface area (Å²) in [6, 6.07) is 6.14. The molecule has 35 heavy (non-hydrogen) atoms. The molecule has 0 aliphatic heterocycles. The number of carbonyl (C=O) groups is 3. The number of aryl methyl sites for hydroxylation is 1. The van der Waals surface area contributed by atoms with E-state index in [0.717, 1.165) is 36.8 Å². The van der Waals surface area contributed by atoms with Crippen LogP contribution in [0.25, 0.3) is 0 Å². The van der Waals surface area contributed by atoms with Crippen molar-refractivity contribution < 1.29 is 19.1 Å². The molecule has 3 atom stereocenters. The number of nitrogens with zero attached hydrogens (tertiary/aromatic N) is 1. The highest BCUT2D eigenvalue weighted by molar-refractivity contribution is 5.92. The fourth-order valence-corrected chi connectivity index (χ4v) is 3.70. The van der Waals surface area contributed by atoms with E-state index in [9.17, 15) is 14.4 Å². The Balaban J connectivity index is 3.42. The van der Waals surface area contributed by atoms with E-state index in [2.05, 4.69) is 24.5 Å². The summed E-state index contributed by atoms with van der Waals surface area (Å²) in [7, 11) is 0. The van der Waals surface area contributed by atoms with Crippen LogP contribution < -0.4 is 10.6 Å². The second-order valence-electron chi connectivity index (χ2n) is 10.4. The molecule has 198 valence electrons. The minimum absolute atomic E-state index is 0.138. The number of ether oxygens (including phenoxy) is 1. The topological polar surface area (TPSA) is 87.7 Å². The molecule has 0 saturated heterocycles. The largest absolute Gasteiger partial charge is 0.444 e. The van der Waals surface area contributed by atoms with Gasteiger partial charge in [0.25, 0.3) is 0 Å². The summed E-state index contributed by atoms with van der Waals surface area (Å²) in [5.41, 5.74) is 1.15. The van der Waals surface area contributed by atoms with Gasteiger partial charge in [-0.1, -0.05) is 76.8 Å². The van der Waals surface area contributed by atoms with E-state index in [1.165, 1.54) is 0 Å². The molecule has 0 aliphatic rings. The van der Waals surface area contributed by atoms with Gasteiger partial charge in [-0.15, -0.1) is 0 Å². The minimum atomic E-state index is -0.803. The Morgan fingerprint density at radius 1 is 1.00 bits per heavy atom. The molecule has 1 aromatic rings. The van der Waals surface area contributed by atoms with Gasteiger partial charge >= 0.3 is 6.09 Å². The first-order valence-electron chi connectivity index (χ1n) is 13.1. The van der Waals surface area contributed by atoms with E-state index in [4.69, 9.17) is 4.74 Å². The van der Waals surface area contributed by atoms with Crippen molar-refractivity contribution in [1.29, 1.82) is 0 Å². The van der Waals surface area contributed by atoms with Gasteiger partial charge in [-0.2, -0.15) is 0 Å². The fourth-order valence-electron chi connectivity index (χ4n) is 3.70. The van der Waals surface area contributed by atoms with Crippen molar-refractivity contribution in [3.05, 3.63) is 35.4 Å². The lowest BCUT2D eigenvalue weighted by atomic mass is 9.95. The fraction of sp³-hybridized carbons (Fsp3) is 0.679. The molecule has 0 aliphatic carbocycles. The maximum Gasteiger partial charge on any atom is 0.408 e. The van der Waals surface area contributed by atoms with Crippen LogP contribution in [-0.4, -0.2) is 47.5 Å². The van der Waals surface area contributed by atoms with Gasteiger partial charge in [0, 0.05) is 13.1 Å². The Morgan fingerprint density at radius 3 is 2.11 bits per heavy atom. The average Bonchev–Trinajstić information content (AvgIpc) is 2.79. The highest BCUT2D eigenvalue weighted by atomic mass is 16.6. The van der Waals surface area contributed by atoms with Crippen molar-refractivity contribution in [2.75, 3.05) is 13.1 Å². The molecule has 0 bridgehead atoms. The van der Waals surface area contributed by atoms with Crippen LogP contribution in [0, 0.1) is 12.8 Å². The highest BCUT2D eigenvalue weighted by Crippen LogP contribution is 2.25. The van der Waals surface area contributed by atoms with E-state index < -0.39 is 23.8 Å². The van der Waals surface area contributed by atoms with Gasteiger partial charge in [-0.25, -0.2) is 4.79 Å². The molecular weight excluding hydrogens is 442 g/mol. The molecule has 0 heterocycles. The second kappa shape index (κ2) is 14.7. The molecular formula is C28H47N3O4. The van der Waals surface area contributed by atoms with Crippen molar-refractivity contribution in [3.63, 3.8) is 0 Å². The number of hydrogen-bond acceptors (Lipinski definition) is 4. The molecule has 3 unspecified atom stereocenters. The van der Waals surface area contributed by atoms with Crippen molar-refractivity contribution in [1.82, 2.24) is 15.5 Å². The lowest BCUT2D eigenvalue weighted by Crippen LogP contribution is -2.55. The van der Waals surface area contributed by atoms with Crippen molar-refractivity contribution in [2.45, 2.75) is 105 Å². The lowest BCUT2D eigenvalue weighted by molar-refractivity contribution is -0.143. The summed E-state index contributed by atoms with van der Waals surface area (Å²) in [5, 5.41) is 5.82. The standard InChI is InChI=1S/C28H47N3O4/c1-9-12-18-29-25(32)24(22-16-14-20(4)15-17-22)31(19-13-10-2)26(33)23(21(5)11-3)30-27(34)35-28(6,7)8/h14-17,21,23-24H,9-13,18-19H2,1-8H3,(H,29,32)(H,30,34). The van der Waals surface area contributed by atoms with Crippen molar-refractivity contribution >= 4 is 17.9 Å². The summed E-state index contributed by atoms with van der Waals surface area (Å²) in [4.78, 5) is 41.8. The maximum atomic E-state index is 14.0. The zero-order chi connectivity index (χ0) is 26.6. The zero-order valence-corrected chi connectivity index (χ0v) is 23.1. The van der Waals surface area contributed by atoms with Crippen LogP contribution in [0.1, 0.15) is 97.7 Å². The lowest BCUT2D eigenvalue weighted by Gasteiger charge is -2.36. The Kier molecular flexibility index (Phi) is 12.8. The summed E-state index contributed by atoms with van der Waals surface area (Å²) in [5.74, 6) is -0.609. The third-order valence-corrected chi connectivity index (χ3v) is 5.97. The molecule has 3 amide bonds. The smallest absolute Gasteiger partial charge is 0.408 e. The molecule has 7 heteroatoms. The molecule has 0 fully saturated rings. The van der Waals surface area contributed by atoms with Gasteiger partial charge in [0.1, 0.15) is 17.7 Å². The monoisotopic (exact) mass is 489 g/mol. The number of alkyl carbamates (subject to hydrolysis) is 1. The number of benzene rings is 1. The molecule has 0 aromatic heterocycles. The highest BCUT2D eigenvalue weighted by Gasteiger charge is 2.37.